The maximum absolute atomic E-state index is 13.0. The number of rotatable bonds is 8. The summed E-state index contributed by atoms with van der Waals surface area (Å²) in [5.41, 5.74) is 3.19. The molecule has 194 valence electrons. The Labute approximate surface area is 231 Å². The average molecular weight is 534 g/mol. The van der Waals surface area contributed by atoms with E-state index in [0.717, 1.165) is 52.5 Å². The van der Waals surface area contributed by atoms with Crippen LogP contribution in [0.25, 0.3) is 16.8 Å². The highest BCUT2D eigenvalue weighted by atomic mass is 32.1. The molecular formula is C32H27N3O3S. The molecule has 0 saturated carbocycles. The summed E-state index contributed by atoms with van der Waals surface area (Å²) in [4.78, 5) is 14.2. The third kappa shape index (κ3) is 5.65. The van der Waals surface area contributed by atoms with Gasteiger partial charge in [-0.3, -0.25) is 4.79 Å². The SMILES string of the molecule is CCOc1cc(/C=C(\C#N)C(=O)Nc2sc3c(c2C#N)CCCC3)ccc1OCc1cccc2ccccc12. The molecule has 3 aromatic carbocycles. The van der Waals surface area contributed by atoms with Crippen LogP contribution in [0, 0.1) is 22.7 Å². The van der Waals surface area contributed by atoms with Gasteiger partial charge in [-0.2, -0.15) is 10.5 Å². The number of aryl methyl sites for hydroxylation is 1. The standard InChI is InChI=1S/C32H27N3O3S/c1-2-37-29-17-21(14-15-28(29)38-20-23-10-7-9-22-8-3-4-11-25(22)23)16-24(18-33)31(36)35-32-27(19-34)26-12-5-6-13-30(26)39-32/h3-4,7-11,14-17H,2,5-6,12-13,20H2,1H3,(H,35,36)/b24-16+. The minimum Gasteiger partial charge on any atom is -0.490 e. The summed E-state index contributed by atoms with van der Waals surface area (Å²) in [5, 5.41) is 25.0. The Morgan fingerprint density at radius 1 is 1.03 bits per heavy atom. The molecule has 4 aromatic rings. The van der Waals surface area contributed by atoms with Gasteiger partial charge in [0.15, 0.2) is 11.5 Å². The van der Waals surface area contributed by atoms with Gasteiger partial charge >= 0.3 is 0 Å². The van der Waals surface area contributed by atoms with E-state index in [1.807, 2.05) is 37.3 Å². The number of carbonyl (C=O) groups excluding carboxylic acids is 1. The summed E-state index contributed by atoms with van der Waals surface area (Å²) in [6.07, 6.45) is 5.41. The van der Waals surface area contributed by atoms with Gasteiger partial charge in [0.2, 0.25) is 0 Å². The fourth-order valence-corrected chi connectivity index (χ4v) is 6.07. The van der Waals surface area contributed by atoms with Crippen LogP contribution >= 0.6 is 11.3 Å². The van der Waals surface area contributed by atoms with Crippen molar-refractivity contribution < 1.29 is 14.3 Å². The highest BCUT2D eigenvalue weighted by Crippen LogP contribution is 2.38. The van der Waals surface area contributed by atoms with Crippen LogP contribution < -0.4 is 14.8 Å². The number of carbonyl (C=O) groups is 1. The van der Waals surface area contributed by atoms with E-state index in [9.17, 15) is 15.3 Å². The quantitative estimate of drug-likeness (QED) is 0.191. The van der Waals surface area contributed by atoms with Crippen molar-refractivity contribution in [2.45, 2.75) is 39.2 Å². The van der Waals surface area contributed by atoms with Gasteiger partial charge < -0.3 is 14.8 Å². The second-order valence-electron chi connectivity index (χ2n) is 9.22. The van der Waals surface area contributed by atoms with Crippen molar-refractivity contribution in [3.63, 3.8) is 0 Å². The lowest BCUT2D eigenvalue weighted by Gasteiger charge is -2.14. The molecule has 0 atom stereocenters. The summed E-state index contributed by atoms with van der Waals surface area (Å²) < 4.78 is 12.0. The Bertz CT molecular complexity index is 1650. The second-order valence-corrected chi connectivity index (χ2v) is 10.3. The van der Waals surface area contributed by atoms with E-state index in [1.165, 1.54) is 17.4 Å². The Morgan fingerprint density at radius 3 is 2.67 bits per heavy atom. The third-order valence-electron chi connectivity index (χ3n) is 6.72. The summed E-state index contributed by atoms with van der Waals surface area (Å²) in [7, 11) is 0. The van der Waals surface area contributed by atoms with Gasteiger partial charge in [0.1, 0.15) is 29.3 Å². The van der Waals surface area contributed by atoms with Gasteiger partial charge in [-0.25, -0.2) is 0 Å². The minimum atomic E-state index is -0.540. The minimum absolute atomic E-state index is 0.0582. The van der Waals surface area contributed by atoms with Crippen LogP contribution in [-0.4, -0.2) is 12.5 Å². The van der Waals surface area contributed by atoms with Crippen molar-refractivity contribution in [3.05, 3.63) is 93.4 Å². The summed E-state index contributed by atoms with van der Waals surface area (Å²) >= 11 is 1.44. The second kappa shape index (κ2) is 11.9. The van der Waals surface area contributed by atoms with Gasteiger partial charge in [0.05, 0.1) is 12.2 Å². The molecule has 1 aliphatic carbocycles. The summed E-state index contributed by atoms with van der Waals surface area (Å²) in [6.45, 7) is 2.69. The van der Waals surface area contributed by atoms with Gasteiger partial charge in [0, 0.05) is 4.88 Å². The van der Waals surface area contributed by atoms with E-state index in [0.29, 0.717) is 40.8 Å². The number of hydrogen-bond donors (Lipinski definition) is 1. The van der Waals surface area contributed by atoms with Crippen LogP contribution in [0.3, 0.4) is 0 Å². The zero-order valence-electron chi connectivity index (χ0n) is 21.6. The molecule has 5 rings (SSSR count). The predicted octanol–water partition coefficient (Wildman–Crippen LogP) is 7.18. The molecule has 0 fully saturated rings. The first-order valence-electron chi connectivity index (χ1n) is 12.9. The van der Waals surface area contributed by atoms with Crippen LogP contribution in [0.5, 0.6) is 11.5 Å². The largest absolute Gasteiger partial charge is 0.490 e. The molecule has 39 heavy (non-hydrogen) atoms. The van der Waals surface area contributed by atoms with Gasteiger partial charge in [-0.1, -0.05) is 48.5 Å². The molecule has 6 nitrogen and oxygen atoms in total. The van der Waals surface area contributed by atoms with Gasteiger partial charge in [0.25, 0.3) is 5.91 Å². The first-order chi connectivity index (χ1) is 19.1. The van der Waals surface area contributed by atoms with Crippen LogP contribution in [0.1, 0.15) is 46.9 Å². The molecule has 0 aliphatic heterocycles. The first-order valence-corrected chi connectivity index (χ1v) is 13.8. The molecule has 1 N–H and O–H groups in total. The number of nitrogens with one attached hydrogen (secondary N) is 1. The number of benzene rings is 3. The monoisotopic (exact) mass is 533 g/mol. The normalized spacial score (nSPS) is 12.7. The number of nitriles is 2. The summed E-state index contributed by atoms with van der Waals surface area (Å²) in [5.74, 6) is 0.566. The van der Waals surface area contributed by atoms with E-state index in [-0.39, 0.29) is 5.57 Å². The number of fused-ring (bicyclic) bond motifs is 2. The number of thiophene rings is 1. The van der Waals surface area contributed by atoms with Crippen molar-refractivity contribution in [3.8, 4) is 23.6 Å². The lowest BCUT2D eigenvalue weighted by Crippen LogP contribution is -2.13. The molecule has 1 heterocycles. The summed E-state index contributed by atoms with van der Waals surface area (Å²) in [6, 6.07) is 23.9. The Hall–Kier alpha value is -4.59. The van der Waals surface area contributed by atoms with Crippen LogP contribution in [-0.2, 0) is 24.2 Å². The molecule has 1 aliphatic rings. The van der Waals surface area contributed by atoms with E-state index >= 15 is 0 Å². The molecular weight excluding hydrogens is 506 g/mol. The van der Waals surface area contributed by atoms with E-state index in [4.69, 9.17) is 9.47 Å². The third-order valence-corrected chi connectivity index (χ3v) is 7.92. The molecule has 7 heteroatoms. The zero-order chi connectivity index (χ0) is 27.2. The molecule has 0 radical (unpaired) electrons. The lowest BCUT2D eigenvalue weighted by molar-refractivity contribution is -0.112. The highest BCUT2D eigenvalue weighted by Gasteiger charge is 2.23. The fourth-order valence-electron chi connectivity index (χ4n) is 4.83. The Balaban J connectivity index is 1.36. The van der Waals surface area contributed by atoms with Crippen LogP contribution in [0.2, 0.25) is 0 Å². The fraction of sp³-hybridized carbons (Fsp3) is 0.219. The Morgan fingerprint density at radius 2 is 1.85 bits per heavy atom. The van der Waals surface area contributed by atoms with Crippen molar-refractivity contribution in [2.75, 3.05) is 11.9 Å². The van der Waals surface area contributed by atoms with E-state index < -0.39 is 5.91 Å². The smallest absolute Gasteiger partial charge is 0.266 e. The average Bonchev–Trinajstić information content (AvgIpc) is 3.32. The van der Waals surface area contributed by atoms with E-state index in [2.05, 4.69) is 29.6 Å². The Kier molecular flexibility index (Phi) is 7.91. The maximum atomic E-state index is 13.0. The van der Waals surface area contributed by atoms with Gasteiger partial charge in [-0.15, -0.1) is 11.3 Å². The molecule has 1 amide bonds. The number of ether oxygens (including phenoxy) is 2. The highest BCUT2D eigenvalue weighted by molar-refractivity contribution is 7.16. The topological polar surface area (TPSA) is 95.1 Å². The maximum Gasteiger partial charge on any atom is 0.266 e. The van der Waals surface area contributed by atoms with Crippen molar-refractivity contribution in [2.24, 2.45) is 0 Å². The first kappa shape index (κ1) is 26.0. The van der Waals surface area contributed by atoms with Gasteiger partial charge in [-0.05, 0) is 78.3 Å². The number of hydrogen-bond acceptors (Lipinski definition) is 6. The number of nitrogens with zero attached hydrogens (tertiary/aromatic N) is 2. The lowest BCUT2D eigenvalue weighted by atomic mass is 9.96. The molecule has 1 aromatic heterocycles. The number of amides is 1. The molecule has 0 unspecified atom stereocenters. The number of anilines is 1. The van der Waals surface area contributed by atoms with Crippen LogP contribution in [0.4, 0.5) is 5.00 Å². The molecule has 0 bridgehead atoms. The predicted molar refractivity (Wildman–Crippen MR) is 154 cm³/mol. The van der Waals surface area contributed by atoms with Crippen molar-refractivity contribution >= 4 is 39.1 Å². The molecule has 0 saturated heterocycles. The zero-order valence-corrected chi connectivity index (χ0v) is 22.4. The van der Waals surface area contributed by atoms with Crippen molar-refractivity contribution in [1.29, 1.82) is 10.5 Å². The van der Waals surface area contributed by atoms with Crippen LogP contribution in [0.15, 0.2) is 66.2 Å². The van der Waals surface area contributed by atoms with E-state index in [1.54, 1.807) is 18.2 Å². The van der Waals surface area contributed by atoms with Crippen molar-refractivity contribution in [1.82, 2.24) is 0 Å². The molecule has 0 spiro atoms.